The van der Waals surface area contributed by atoms with Gasteiger partial charge in [-0.15, -0.1) is 0 Å². The van der Waals surface area contributed by atoms with Crippen molar-refractivity contribution in [2.75, 3.05) is 32.8 Å². The van der Waals surface area contributed by atoms with Gasteiger partial charge in [-0.3, -0.25) is 9.59 Å². The van der Waals surface area contributed by atoms with Crippen LogP contribution >= 0.6 is 0 Å². The number of halogens is 1. The van der Waals surface area contributed by atoms with Gasteiger partial charge in [0.25, 0.3) is 11.7 Å². The highest BCUT2D eigenvalue weighted by atomic mass is 19.1. The molecule has 32 heavy (non-hydrogen) atoms. The SMILES string of the molecule is CCOc1ccc([C@H]2C(=C(O)c3ccc(F)cc3)C(=O)C(=O)N2CCN(CC)CC)cc1. The van der Waals surface area contributed by atoms with Gasteiger partial charge in [-0.1, -0.05) is 26.0 Å². The highest BCUT2D eigenvalue weighted by Gasteiger charge is 2.45. The van der Waals surface area contributed by atoms with Crippen LogP contribution in [-0.4, -0.2) is 59.4 Å². The van der Waals surface area contributed by atoms with Crippen LogP contribution in [0.1, 0.15) is 37.9 Å². The Morgan fingerprint density at radius 3 is 2.22 bits per heavy atom. The minimum atomic E-state index is -0.745. The third kappa shape index (κ3) is 4.83. The van der Waals surface area contributed by atoms with Crippen LogP contribution in [0, 0.1) is 5.82 Å². The molecule has 0 aliphatic carbocycles. The molecule has 1 N–H and O–H groups in total. The monoisotopic (exact) mass is 440 g/mol. The summed E-state index contributed by atoms with van der Waals surface area (Å²) in [7, 11) is 0. The van der Waals surface area contributed by atoms with E-state index in [9.17, 15) is 19.1 Å². The molecule has 1 heterocycles. The number of aliphatic hydroxyl groups is 1. The van der Waals surface area contributed by atoms with E-state index in [0.717, 1.165) is 13.1 Å². The first-order chi connectivity index (χ1) is 15.4. The summed E-state index contributed by atoms with van der Waals surface area (Å²) in [6, 6.07) is 11.6. The summed E-state index contributed by atoms with van der Waals surface area (Å²) in [4.78, 5) is 29.7. The highest BCUT2D eigenvalue weighted by Crippen LogP contribution is 2.39. The average molecular weight is 441 g/mol. The summed E-state index contributed by atoms with van der Waals surface area (Å²) < 4.78 is 18.9. The van der Waals surface area contributed by atoms with Gasteiger partial charge >= 0.3 is 0 Å². The molecule has 1 amide bonds. The molecule has 3 rings (SSSR count). The van der Waals surface area contributed by atoms with Crippen molar-refractivity contribution in [1.29, 1.82) is 0 Å². The number of nitrogens with zero attached hydrogens (tertiary/aromatic N) is 2. The fraction of sp³-hybridized carbons (Fsp3) is 0.360. The van der Waals surface area contributed by atoms with Crippen LogP contribution in [-0.2, 0) is 9.59 Å². The molecule has 0 spiro atoms. The van der Waals surface area contributed by atoms with E-state index in [0.29, 0.717) is 31.0 Å². The van der Waals surface area contributed by atoms with Crippen molar-refractivity contribution in [1.82, 2.24) is 9.80 Å². The number of carbonyl (C=O) groups excluding carboxylic acids is 2. The van der Waals surface area contributed by atoms with Gasteiger partial charge < -0.3 is 19.6 Å². The number of amides is 1. The molecule has 6 nitrogen and oxygen atoms in total. The second-order valence-electron chi connectivity index (χ2n) is 7.53. The molecule has 0 radical (unpaired) electrons. The number of ketones is 1. The third-order valence-electron chi connectivity index (χ3n) is 5.72. The molecule has 2 aromatic carbocycles. The van der Waals surface area contributed by atoms with Crippen LogP contribution < -0.4 is 4.74 Å². The van der Waals surface area contributed by atoms with Crippen LogP contribution in [0.4, 0.5) is 4.39 Å². The fourth-order valence-electron chi connectivity index (χ4n) is 3.92. The Kier molecular flexibility index (Phi) is 7.64. The van der Waals surface area contributed by atoms with Gasteiger partial charge in [-0.25, -0.2) is 4.39 Å². The Morgan fingerprint density at radius 1 is 1.03 bits per heavy atom. The fourth-order valence-corrected chi connectivity index (χ4v) is 3.92. The molecule has 0 unspecified atom stereocenters. The smallest absolute Gasteiger partial charge is 0.295 e. The zero-order chi connectivity index (χ0) is 23.3. The zero-order valence-electron chi connectivity index (χ0n) is 18.7. The van der Waals surface area contributed by atoms with E-state index in [4.69, 9.17) is 4.74 Å². The molecule has 0 bridgehead atoms. The molecule has 1 atom stereocenters. The molecule has 1 aliphatic rings. The Balaban J connectivity index is 2.06. The predicted molar refractivity (Wildman–Crippen MR) is 121 cm³/mol. The topological polar surface area (TPSA) is 70.1 Å². The number of aliphatic hydroxyl groups excluding tert-OH is 1. The van der Waals surface area contributed by atoms with E-state index in [2.05, 4.69) is 4.90 Å². The van der Waals surface area contributed by atoms with Crippen molar-refractivity contribution in [3.8, 4) is 5.75 Å². The van der Waals surface area contributed by atoms with E-state index in [1.165, 1.54) is 29.2 Å². The molecular weight excluding hydrogens is 411 g/mol. The van der Waals surface area contributed by atoms with Gasteiger partial charge in [0.1, 0.15) is 17.3 Å². The van der Waals surface area contributed by atoms with Crippen molar-refractivity contribution in [3.63, 3.8) is 0 Å². The molecule has 170 valence electrons. The maximum Gasteiger partial charge on any atom is 0.295 e. The Morgan fingerprint density at radius 2 is 1.66 bits per heavy atom. The molecule has 0 saturated carbocycles. The summed E-state index contributed by atoms with van der Waals surface area (Å²) in [5, 5.41) is 11.0. The minimum absolute atomic E-state index is 0.00492. The van der Waals surface area contributed by atoms with Crippen molar-refractivity contribution in [2.24, 2.45) is 0 Å². The van der Waals surface area contributed by atoms with E-state index < -0.39 is 23.5 Å². The van der Waals surface area contributed by atoms with E-state index in [1.54, 1.807) is 24.3 Å². The van der Waals surface area contributed by atoms with E-state index in [1.807, 2.05) is 20.8 Å². The van der Waals surface area contributed by atoms with Crippen LogP contribution in [0.15, 0.2) is 54.1 Å². The quantitative estimate of drug-likeness (QED) is 0.363. The van der Waals surface area contributed by atoms with Crippen molar-refractivity contribution < 1.29 is 23.8 Å². The Bertz CT molecular complexity index is 982. The lowest BCUT2D eigenvalue weighted by molar-refractivity contribution is -0.140. The lowest BCUT2D eigenvalue weighted by atomic mass is 9.95. The third-order valence-corrected chi connectivity index (χ3v) is 5.72. The lowest BCUT2D eigenvalue weighted by Gasteiger charge is -2.28. The first-order valence-corrected chi connectivity index (χ1v) is 10.9. The second kappa shape index (κ2) is 10.4. The summed E-state index contributed by atoms with van der Waals surface area (Å²) in [6.45, 7) is 9.07. The van der Waals surface area contributed by atoms with E-state index >= 15 is 0 Å². The maximum atomic E-state index is 13.4. The molecule has 1 fully saturated rings. The van der Waals surface area contributed by atoms with Crippen LogP contribution in [0.3, 0.4) is 0 Å². The summed E-state index contributed by atoms with van der Waals surface area (Å²) in [6.07, 6.45) is 0. The van der Waals surface area contributed by atoms with Crippen LogP contribution in [0.5, 0.6) is 5.75 Å². The van der Waals surface area contributed by atoms with Crippen molar-refractivity contribution in [2.45, 2.75) is 26.8 Å². The number of hydrogen-bond donors (Lipinski definition) is 1. The standard InChI is InChI=1S/C25H29FN2O4/c1-4-27(5-2)15-16-28-22(17-9-13-20(14-10-17)32-6-3)21(24(30)25(28)31)23(29)18-7-11-19(26)12-8-18/h7-14,22,29H,4-6,15-16H2,1-3H3/t22-/m0/s1. The number of likely N-dealkylation sites (N-methyl/N-ethyl adjacent to an activating group) is 1. The molecule has 0 aromatic heterocycles. The van der Waals surface area contributed by atoms with Crippen LogP contribution in [0.2, 0.25) is 0 Å². The first-order valence-electron chi connectivity index (χ1n) is 10.9. The number of hydrogen-bond acceptors (Lipinski definition) is 5. The average Bonchev–Trinajstić information content (AvgIpc) is 3.05. The van der Waals surface area contributed by atoms with Gasteiger partial charge in [0.2, 0.25) is 0 Å². The van der Waals surface area contributed by atoms with Crippen LogP contribution in [0.25, 0.3) is 5.76 Å². The van der Waals surface area contributed by atoms with Gasteiger partial charge in [-0.2, -0.15) is 0 Å². The molecule has 1 aliphatic heterocycles. The van der Waals surface area contributed by atoms with Gasteiger partial charge in [0.05, 0.1) is 18.2 Å². The van der Waals surface area contributed by atoms with Gasteiger partial charge in [-0.05, 0) is 62.0 Å². The second-order valence-corrected chi connectivity index (χ2v) is 7.53. The molecule has 1 saturated heterocycles. The number of rotatable bonds is 9. The first kappa shape index (κ1) is 23.5. The largest absolute Gasteiger partial charge is 0.507 e. The molecule has 7 heteroatoms. The minimum Gasteiger partial charge on any atom is -0.507 e. The highest BCUT2D eigenvalue weighted by molar-refractivity contribution is 6.46. The summed E-state index contributed by atoms with van der Waals surface area (Å²) in [5.74, 6) is -1.49. The van der Waals surface area contributed by atoms with Crippen molar-refractivity contribution in [3.05, 3.63) is 71.0 Å². The number of Topliss-reactive ketones (excluding diaryl/α,β-unsaturated/α-hetero) is 1. The number of carbonyl (C=O) groups is 2. The van der Waals surface area contributed by atoms with Crippen molar-refractivity contribution >= 4 is 17.4 Å². The molecular formula is C25H29FN2O4. The number of likely N-dealkylation sites (tertiary alicyclic amines) is 1. The number of benzene rings is 2. The predicted octanol–water partition coefficient (Wildman–Crippen LogP) is 3.99. The zero-order valence-corrected chi connectivity index (χ0v) is 18.7. The Hall–Kier alpha value is -3.19. The Labute approximate surface area is 187 Å². The maximum absolute atomic E-state index is 13.4. The number of ether oxygens (including phenoxy) is 1. The summed E-state index contributed by atoms with van der Waals surface area (Å²) in [5.41, 5.74) is 0.977. The lowest BCUT2D eigenvalue weighted by Crippen LogP contribution is -2.38. The normalized spacial score (nSPS) is 17.9. The summed E-state index contributed by atoms with van der Waals surface area (Å²) >= 11 is 0. The molecule has 2 aromatic rings. The van der Waals surface area contributed by atoms with Gasteiger partial charge in [0, 0.05) is 18.7 Å². The van der Waals surface area contributed by atoms with Gasteiger partial charge in [0.15, 0.2) is 0 Å². The van der Waals surface area contributed by atoms with E-state index in [-0.39, 0.29) is 16.9 Å².